The van der Waals surface area contributed by atoms with Crippen LogP contribution in [0, 0.1) is 0 Å². The van der Waals surface area contributed by atoms with Gasteiger partial charge in [-0.2, -0.15) is 0 Å². The van der Waals surface area contributed by atoms with Crippen molar-refractivity contribution in [1.82, 2.24) is 9.88 Å². The van der Waals surface area contributed by atoms with E-state index in [1.165, 1.54) is 0 Å². The maximum atomic E-state index is 12.2. The number of nitrogens with zero attached hydrogens (tertiary/aromatic N) is 1. The number of halogens is 2. The molecule has 2 heterocycles. The first-order valence-corrected chi connectivity index (χ1v) is 9.81. The number of amides is 1. The molecule has 1 fully saturated rings. The van der Waals surface area contributed by atoms with Gasteiger partial charge in [0.1, 0.15) is 5.60 Å². The van der Waals surface area contributed by atoms with Crippen molar-refractivity contribution in [2.45, 2.75) is 45.1 Å². The van der Waals surface area contributed by atoms with Crippen LogP contribution in [-0.2, 0) is 4.74 Å². The number of H-pyrrole nitrogens is 1. The third-order valence-corrected chi connectivity index (χ3v) is 5.70. The SMILES string of the molecule is CC(C)(C)OC(=O)N1CCC(c2cc(=O)[nH]c3cc(Br)c(Cl)cc23)CC1. The molecule has 7 heteroatoms. The molecule has 0 unspecified atom stereocenters. The van der Waals surface area contributed by atoms with Gasteiger partial charge in [0.2, 0.25) is 5.56 Å². The lowest BCUT2D eigenvalue weighted by Crippen LogP contribution is -2.41. The highest BCUT2D eigenvalue weighted by Gasteiger charge is 2.28. The van der Waals surface area contributed by atoms with Gasteiger partial charge in [-0.05, 0) is 73.2 Å². The molecule has 1 aliphatic rings. The van der Waals surface area contributed by atoms with Crippen molar-refractivity contribution in [3.63, 3.8) is 0 Å². The summed E-state index contributed by atoms with van der Waals surface area (Å²) in [6, 6.07) is 5.37. The van der Waals surface area contributed by atoms with Gasteiger partial charge in [0.05, 0.1) is 5.02 Å². The van der Waals surface area contributed by atoms with Gasteiger partial charge in [-0.3, -0.25) is 4.79 Å². The molecule has 1 aliphatic heterocycles. The van der Waals surface area contributed by atoms with Gasteiger partial charge in [-0.1, -0.05) is 11.6 Å². The summed E-state index contributed by atoms with van der Waals surface area (Å²) in [4.78, 5) is 28.9. The highest BCUT2D eigenvalue weighted by Crippen LogP contribution is 2.35. The number of aromatic nitrogens is 1. The molecule has 140 valence electrons. The second-order valence-corrected chi connectivity index (χ2v) is 8.90. The molecule has 1 aromatic heterocycles. The van der Waals surface area contributed by atoms with Gasteiger partial charge < -0.3 is 14.6 Å². The second kappa shape index (κ2) is 7.24. The van der Waals surface area contributed by atoms with Crippen LogP contribution >= 0.6 is 27.5 Å². The van der Waals surface area contributed by atoms with E-state index < -0.39 is 5.60 Å². The van der Waals surface area contributed by atoms with E-state index in [1.807, 2.05) is 32.9 Å². The van der Waals surface area contributed by atoms with E-state index in [-0.39, 0.29) is 17.6 Å². The number of ether oxygens (including phenoxy) is 1. The number of rotatable bonds is 1. The lowest BCUT2D eigenvalue weighted by molar-refractivity contribution is 0.0205. The van der Waals surface area contributed by atoms with Crippen LogP contribution in [0.4, 0.5) is 4.79 Å². The average Bonchev–Trinajstić information content (AvgIpc) is 2.54. The molecular weight excluding hydrogens is 420 g/mol. The molecule has 1 aromatic carbocycles. The maximum absolute atomic E-state index is 12.2. The van der Waals surface area contributed by atoms with Crippen LogP contribution in [-0.4, -0.2) is 34.7 Å². The number of nitrogens with one attached hydrogen (secondary N) is 1. The van der Waals surface area contributed by atoms with E-state index in [0.29, 0.717) is 18.1 Å². The molecule has 2 aromatic rings. The summed E-state index contributed by atoms with van der Waals surface area (Å²) in [6.45, 7) is 6.81. The van der Waals surface area contributed by atoms with Crippen LogP contribution in [0.1, 0.15) is 45.1 Å². The second-order valence-electron chi connectivity index (χ2n) is 7.64. The Morgan fingerprint density at radius 2 is 1.92 bits per heavy atom. The number of aromatic amines is 1. The van der Waals surface area contributed by atoms with E-state index in [4.69, 9.17) is 16.3 Å². The van der Waals surface area contributed by atoms with Crippen LogP contribution in [0.5, 0.6) is 0 Å². The Morgan fingerprint density at radius 3 is 2.54 bits per heavy atom. The Morgan fingerprint density at radius 1 is 1.27 bits per heavy atom. The number of hydrogen-bond donors (Lipinski definition) is 1. The minimum atomic E-state index is -0.499. The summed E-state index contributed by atoms with van der Waals surface area (Å²) in [5.41, 5.74) is 1.12. The lowest BCUT2D eigenvalue weighted by Gasteiger charge is -2.33. The molecule has 0 bridgehead atoms. The molecular formula is C19H22BrClN2O3. The fraction of sp³-hybridized carbons (Fsp3) is 0.474. The highest BCUT2D eigenvalue weighted by atomic mass is 79.9. The zero-order valence-corrected chi connectivity index (χ0v) is 17.4. The van der Waals surface area contributed by atoms with Crippen molar-refractivity contribution in [2.24, 2.45) is 0 Å². The first kappa shape index (κ1) is 19.2. The van der Waals surface area contributed by atoms with E-state index in [2.05, 4.69) is 20.9 Å². The molecule has 0 atom stereocenters. The largest absolute Gasteiger partial charge is 0.444 e. The molecule has 1 saturated heterocycles. The maximum Gasteiger partial charge on any atom is 0.410 e. The van der Waals surface area contributed by atoms with Crippen LogP contribution in [0.15, 0.2) is 27.5 Å². The Labute approximate surface area is 165 Å². The van der Waals surface area contributed by atoms with Crippen molar-refractivity contribution in [2.75, 3.05) is 13.1 Å². The summed E-state index contributed by atoms with van der Waals surface area (Å²) in [5.74, 6) is 0.204. The van der Waals surface area contributed by atoms with Crippen molar-refractivity contribution in [1.29, 1.82) is 0 Å². The summed E-state index contributed by atoms with van der Waals surface area (Å²) in [7, 11) is 0. The molecule has 0 aliphatic carbocycles. The van der Waals surface area contributed by atoms with Crippen molar-refractivity contribution in [3.8, 4) is 0 Å². The monoisotopic (exact) mass is 440 g/mol. The van der Waals surface area contributed by atoms with Gasteiger partial charge in [0.15, 0.2) is 0 Å². The van der Waals surface area contributed by atoms with Gasteiger partial charge in [0, 0.05) is 34.5 Å². The zero-order valence-electron chi connectivity index (χ0n) is 15.1. The molecule has 1 amide bonds. The Kier molecular flexibility index (Phi) is 5.35. The van der Waals surface area contributed by atoms with Crippen molar-refractivity contribution < 1.29 is 9.53 Å². The fourth-order valence-electron chi connectivity index (χ4n) is 3.31. The molecule has 0 saturated carbocycles. The lowest BCUT2D eigenvalue weighted by atomic mass is 9.87. The van der Waals surface area contributed by atoms with Crippen LogP contribution < -0.4 is 5.56 Å². The third kappa shape index (κ3) is 4.23. The minimum absolute atomic E-state index is 0.128. The van der Waals surface area contributed by atoms with Crippen LogP contribution in [0.3, 0.4) is 0 Å². The number of carbonyl (C=O) groups excluding carboxylic acids is 1. The number of hydrogen-bond acceptors (Lipinski definition) is 3. The molecule has 0 spiro atoms. The first-order chi connectivity index (χ1) is 12.1. The zero-order chi connectivity index (χ0) is 19.1. The number of benzene rings is 1. The molecule has 0 radical (unpaired) electrons. The number of piperidine rings is 1. The van der Waals surface area contributed by atoms with E-state index in [1.54, 1.807) is 11.0 Å². The average molecular weight is 442 g/mol. The normalized spacial score (nSPS) is 16.1. The van der Waals surface area contributed by atoms with Crippen molar-refractivity contribution in [3.05, 3.63) is 43.6 Å². The van der Waals surface area contributed by atoms with Gasteiger partial charge in [0.25, 0.3) is 0 Å². The molecule has 26 heavy (non-hydrogen) atoms. The molecule has 5 nitrogen and oxygen atoms in total. The quantitative estimate of drug-likeness (QED) is 0.673. The Bertz CT molecular complexity index is 896. The first-order valence-electron chi connectivity index (χ1n) is 8.64. The topological polar surface area (TPSA) is 62.4 Å². The predicted octanol–water partition coefficient (Wildman–Crippen LogP) is 5.06. The summed E-state index contributed by atoms with van der Waals surface area (Å²) in [5, 5.41) is 1.56. The molecule has 1 N–H and O–H groups in total. The van der Waals surface area contributed by atoms with Gasteiger partial charge in [-0.15, -0.1) is 0 Å². The fourth-order valence-corrected chi connectivity index (χ4v) is 3.82. The standard InChI is InChI=1S/C19H22BrClN2O3/c1-19(2,3)26-18(25)23-6-4-11(5-7-23)12-9-17(24)22-16-10-14(20)15(21)8-13(12)16/h8-11H,4-7H2,1-3H3,(H,22,24). The number of pyridine rings is 1. The highest BCUT2D eigenvalue weighted by molar-refractivity contribution is 9.10. The van der Waals surface area contributed by atoms with Crippen molar-refractivity contribution >= 4 is 44.5 Å². The van der Waals surface area contributed by atoms with E-state index >= 15 is 0 Å². The molecule has 3 rings (SSSR count). The summed E-state index contributed by atoms with van der Waals surface area (Å²) < 4.78 is 6.19. The Balaban J connectivity index is 1.83. The number of carbonyl (C=O) groups is 1. The predicted molar refractivity (Wildman–Crippen MR) is 107 cm³/mol. The smallest absolute Gasteiger partial charge is 0.410 e. The van der Waals surface area contributed by atoms with E-state index in [9.17, 15) is 9.59 Å². The summed E-state index contributed by atoms with van der Waals surface area (Å²) >= 11 is 9.65. The van der Waals surface area contributed by atoms with Crippen LogP contribution in [0.2, 0.25) is 5.02 Å². The van der Waals surface area contributed by atoms with Gasteiger partial charge >= 0.3 is 6.09 Å². The van der Waals surface area contributed by atoms with E-state index in [0.717, 1.165) is 33.8 Å². The number of fused-ring (bicyclic) bond motifs is 1. The van der Waals surface area contributed by atoms with Gasteiger partial charge in [-0.25, -0.2) is 4.79 Å². The Hall–Kier alpha value is -1.53. The van der Waals surface area contributed by atoms with Crippen LogP contribution in [0.25, 0.3) is 10.9 Å². The third-order valence-electron chi connectivity index (χ3n) is 4.50. The minimum Gasteiger partial charge on any atom is -0.444 e. The number of likely N-dealkylation sites (tertiary alicyclic amines) is 1. The summed E-state index contributed by atoms with van der Waals surface area (Å²) in [6.07, 6.45) is 1.29.